The number of primary amides is 1. The van der Waals surface area contributed by atoms with Crippen LogP contribution in [0.15, 0.2) is 18.2 Å². The molecule has 3 N–H and O–H groups in total. The van der Waals surface area contributed by atoms with E-state index in [0.717, 1.165) is 12.1 Å². The molecule has 1 aromatic carbocycles. The van der Waals surface area contributed by atoms with Gasteiger partial charge in [0.25, 0.3) is 5.91 Å². The van der Waals surface area contributed by atoms with Crippen LogP contribution in [-0.4, -0.2) is 66.3 Å². The summed E-state index contributed by atoms with van der Waals surface area (Å²) < 4.78 is 26.4. The van der Waals surface area contributed by atoms with Crippen LogP contribution in [0.25, 0.3) is 0 Å². The van der Waals surface area contributed by atoms with Gasteiger partial charge in [0.1, 0.15) is 11.6 Å². The normalized spacial score (nSPS) is 16.2. The number of piperazine rings is 1. The summed E-state index contributed by atoms with van der Waals surface area (Å²) in [5.41, 5.74) is 5.00. The molecule has 0 saturated carbocycles. The molecule has 0 aromatic heterocycles. The third kappa shape index (κ3) is 4.98. The van der Waals surface area contributed by atoms with Crippen LogP contribution in [0.2, 0.25) is 0 Å². The minimum absolute atomic E-state index is 0.0480. The summed E-state index contributed by atoms with van der Waals surface area (Å²) in [6.07, 6.45) is 0.0694. The number of rotatable bonds is 6. The number of carbonyl (C=O) groups excluding carboxylic acids is 3. The Morgan fingerprint density at radius 3 is 2.42 bits per heavy atom. The molecule has 1 unspecified atom stereocenters. The molecule has 9 heteroatoms. The Balaban J connectivity index is 1.75. The van der Waals surface area contributed by atoms with Crippen LogP contribution < -0.4 is 11.1 Å². The van der Waals surface area contributed by atoms with Crippen LogP contribution in [-0.2, 0) is 9.59 Å². The van der Waals surface area contributed by atoms with E-state index in [4.69, 9.17) is 5.73 Å². The first-order chi connectivity index (χ1) is 12.3. The van der Waals surface area contributed by atoms with Crippen molar-refractivity contribution in [1.82, 2.24) is 15.1 Å². The standard InChI is InChI=1S/C17H22F2N4O3/c1-11(16(20)25)22-6-8-23(9-7-22)15(24)4-5-21-17(26)13-3-2-12(18)10-14(13)19/h2-3,10-11H,4-9H2,1H3,(H2,20,25)(H,21,26). The molecule has 1 saturated heterocycles. The van der Waals surface area contributed by atoms with Crippen LogP contribution in [0.1, 0.15) is 23.7 Å². The summed E-state index contributed by atoms with van der Waals surface area (Å²) in [6, 6.07) is 2.31. The zero-order chi connectivity index (χ0) is 19.3. The Bertz CT molecular complexity index is 691. The van der Waals surface area contributed by atoms with Gasteiger partial charge in [0.15, 0.2) is 0 Å². The van der Waals surface area contributed by atoms with Gasteiger partial charge in [-0.1, -0.05) is 0 Å². The van der Waals surface area contributed by atoms with E-state index < -0.39 is 23.4 Å². The molecule has 26 heavy (non-hydrogen) atoms. The second kappa shape index (κ2) is 8.70. The molecule has 0 radical (unpaired) electrons. The van der Waals surface area contributed by atoms with E-state index in [2.05, 4.69) is 5.32 Å². The van der Waals surface area contributed by atoms with E-state index in [1.165, 1.54) is 0 Å². The van der Waals surface area contributed by atoms with Gasteiger partial charge in [0.05, 0.1) is 11.6 Å². The fourth-order valence-corrected chi connectivity index (χ4v) is 2.75. The maximum atomic E-state index is 13.5. The summed E-state index contributed by atoms with van der Waals surface area (Å²) in [4.78, 5) is 38.8. The highest BCUT2D eigenvalue weighted by atomic mass is 19.1. The van der Waals surface area contributed by atoms with Crippen LogP contribution in [0.4, 0.5) is 8.78 Å². The van der Waals surface area contributed by atoms with Gasteiger partial charge in [-0.15, -0.1) is 0 Å². The van der Waals surface area contributed by atoms with Gasteiger partial charge >= 0.3 is 0 Å². The molecule has 2 rings (SSSR count). The Hall–Kier alpha value is -2.55. The lowest BCUT2D eigenvalue weighted by Crippen LogP contribution is -2.54. The number of nitrogens with zero attached hydrogens (tertiary/aromatic N) is 2. The molecule has 142 valence electrons. The second-order valence-electron chi connectivity index (χ2n) is 6.13. The maximum absolute atomic E-state index is 13.5. The van der Waals surface area contributed by atoms with E-state index in [9.17, 15) is 23.2 Å². The Labute approximate surface area is 150 Å². The van der Waals surface area contributed by atoms with Crippen molar-refractivity contribution in [3.05, 3.63) is 35.4 Å². The van der Waals surface area contributed by atoms with Crippen LogP contribution >= 0.6 is 0 Å². The monoisotopic (exact) mass is 368 g/mol. The third-order valence-electron chi connectivity index (χ3n) is 4.43. The topological polar surface area (TPSA) is 95.7 Å². The number of amides is 3. The molecule has 1 heterocycles. The summed E-state index contributed by atoms with van der Waals surface area (Å²) in [7, 11) is 0. The molecule has 1 fully saturated rings. The molecule has 1 aromatic rings. The van der Waals surface area contributed by atoms with E-state index in [1.54, 1.807) is 11.8 Å². The predicted octanol–water partition coefficient (Wildman–Crippen LogP) is 0.103. The molecule has 1 aliphatic heterocycles. The van der Waals surface area contributed by atoms with Crippen molar-refractivity contribution in [2.75, 3.05) is 32.7 Å². The van der Waals surface area contributed by atoms with Crippen molar-refractivity contribution in [2.24, 2.45) is 5.73 Å². The summed E-state index contributed by atoms with van der Waals surface area (Å²) in [5, 5.41) is 2.45. The fourth-order valence-electron chi connectivity index (χ4n) is 2.75. The lowest BCUT2D eigenvalue weighted by molar-refractivity contribution is -0.133. The maximum Gasteiger partial charge on any atom is 0.254 e. The molecule has 0 spiro atoms. The lowest BCUT2D eigenvalue weighted by atomic mass is 10.2. The molecular weight excluding hydrogens is 346 g/mol. The minimum Gasteiger partial charge on any atom is -0.368 e. The number of benzene rings is 1. The predicted molar refractivity (Wildman–Crippen MR) is 90.1 cm³/mol. The summed E-state index contributed by atoms with van der Waals surface area (Å²) in [6.45, 7) is 3.80. The third-order valence-corrected chi connectivity index (χ3v) is 4.43. The second-order valence-corrected chi connectivity index (χ2v) is 6.13. The zero-order valence-corrected chi connectivity index (χ0v) is 14.5. The smallest absolute Gasteiger partial charge is 0.254 e. The van der Waals surface area contributed by atoms with Crippen molar-refractivity contribution in [2.45, 2.75) is 19.4 Å². The van der Waals surface area contributed by atoms with Gasteiger partial charge in [-0.2, -0.15) is 0 Å². The Morgan fingerprint density at radius 1 is 1.19 bits per heavy atom. The number of hydrogen-bond donors (Lipinski definition) is 2. The quantitative estimate of drug-likeness (QED) is 0.745. The van der Waals surface area contributed by atoms with Crippen molar-refractivity contribution in [3.8, 4) is 0 Å². The van der Waals surface area contributed by atoms with Crippen molar-refractivity contribution in [3.63, 3.8) is 0 Å². The average Bonchev–Trinajstić information content (AvgIpc) is 2.60. The summed E-state index contributed by atoms with van der Waals surface area (Å²) in [5.74, 6) is -2.96. The first-order valence-corrected chi connectivity index (χ1v) is 8.34. The summed E-state index contributed by atoms with van der Waals surface area (Å²) >= 11 is 0. The number of halogens is 2. The number of nitrogens with two attached hydrogens (primary N) is 1. The minimum atomic E-state index is -0.950. The van der Waals surface area contributed by atoms with Crippen LogP contribution in [0, 0.1) is 11.6 Å². The van der Waals surface area contributed by atoms with Crippen LogP contribution in [0.3, 0.4) is 0 Å². The van der Waals surface area contributed by atoms with E-state index in [0.29, 0.717) is 32.2 Å². The average molecular weight is 368 g/mol. The first-order valence-electron chi connectivity index (χ1n) is 8.34. The molecule has 1 aliphatic rings. The highest BCUT2D eigenvalue weighted by molar-refractivity contribution is 5.94. The molecule has 0 aliphatic carbocycles. The van der Waals surface area contributed by atoms with Gasteiger partial charge in [-0.25, -0.2) is 8.78 Å². The van der Waals surface area contributed by atoms with Crippen molar-refractivity contribution in [1.29, 1.82) is 0 Å². The van der Waals surface area contributed by atoms with Crippen molar-refractivity contribution >= 4 is 17.7 Å². The molecule has 1 atom stereocenters. The van der Waals surface area contributed by atoms with E-state index in [-0.39, 0.29) is 30.5 Å². The van der Waals surface area contributed by atoms with Gasteiger partial charge < -0.3 is 16.0 Å². The first kappa shape index (κ1) is 19.8. The number of carbonyl (C=O) groups is 3. The number of nitrogens with one attached hydrogen (secondary N) is 1. The van der Waals surface area contributed by atoms with Gasteiger partial charge in [0, 0.05) is 45.2 Å². The zero-order valence-electron chi connectivity index (χ0n) is 14.5. The van der Waals surface area contributed by atoms with E-state index >= 15 is 0 Å². The highest BCUT2D eigenvalue weighted by Gasteiger charge is 2.26. The highest BCUT2D eigenvalue weighted by Crippen LogP contribution is 2.10. The molecule has 0 bridgehead atoms. The van der Waals surface area contributed by atoms with Gasteiger partial charge in [-0.05, 0) is 19.1 Å². The van der Waals surface area contributed by atoms with Gasteiger partial charge in [-0.3, -0.25) is 19.3 Å². The molecule has 7 nitrogen and oxygen atoms in total. The SMILES string of the molecule is CC(C(N)=O)N1CCN(C(=O)CCNC(=O)c2ccc(F)cc2F)CC1. The van der Waals surface area contributed by atoms with Crippen molar-refractivity contribution < 1.29 is 23.2 Å². The largest absolute Gasteiger partial charge is 0.368 e. The van der Waals surface area contributed by atoms with E-state index in [1.807, 2.05) is 4.90 Å². The van der Waals surface area contributed by atoms with Gasteiger partial charge in [0.2, 0.25) is 11.8 Å². The lowest BCUT2D eigenvalue weighted by Gasteiger charge is -2.37. The van der Waals surface area contributed by atoms with Crippen LogP contribution in [0.5, 0.6) is 0 Å². The number of hydrogen-bond acceptors (Lipinski definition) is 4. The Kier molecular flexibility index (Phi) is 6.62. The molecular formula is C17H22F2N4O3. The fraction of sp³-hybridized carbons (Fsp3) is 0.471. The Morgan fingerprint density at radius 2 is 1.85 bits per heavy atom. The molecule has 3 amide bonds.